The molecule has 1 aromatic carbocycles. The van der Waals surface area contributed by atoms with Crippen LogP contribution in [0.25, 0.3) is 10.9 Å². The number of hydrogen-bond donors (Lipinski definition) is 2. The zero-order chi connectivity index (χ0) is 16.5. The summed E-state index contributed by atoms with van der Waals surface area (Å²) >= 11 is 0. The van der Waals surface area contributed by atoms with E-state index in [1.165, 1.54) is 67.1 Å². The lowest BCUT2D eigenvalue weighted by Crippen LogP contribution is -2.55. The molecule has 1 aromatic heterocycles. The summed E-state index contributed by atoms with van der Waals surface area (Å²) in [7, 11) is 0. The Morgan fingerprint density at radius 3 is 2.52 bits per heavy atom. The summed E-state index contributed by atoms with van der Waals surface area (Å²) in [6.45, 7) is 2.21. The molecule has 1 unspecified atom stereocenters. The van der Waals surface area contributed by atoms with Gasteiger partial charge in [-0.15, -0.1) is 0 Å². The Balaban J connectivity index is 1.33. The first-order valence-corrected chi connectivity index (χ1v) is 10.6. The minimum atomic E-state index is 0.555. The van der Waals surface area contributed by atoms with Crippen molar-refractivity contribution in [2.45, 2.75) is 70.4 Å². The van der Waals surface area contributed by atoms with Crippen molar-refractivity contribution >= 4 is 10.9 Å². The van der Waals surface area contributed by atoms with Gasteiger partial charge in [0, 0.05) is 28.7 Å². The summed E-state index contributed by atoms with van der Waals surface area (Å²) < 4.78 is 0. The highest BCUT2D eigenvalue weighted by Gasteiger charge is 2.48. The number of nitrogens with one attached hydrogen (secondary N) is 2. The van der Waals surface area contributed by atoms with Crippen LogP contribution in [0.2, 0.25) is 0 Å². The summed E-state index contributed by atoms with van der Waals surface area (Å²) in [5.74, 6) is 4.07. The molecule has 2 nitrogen and oxygen atoms in total. The van der Waals surface area contributed by atoms with Crippen molar-refractivity contribution in [2.75, 3.05) is 0 Å². The summed E-state index contributed by atoms with van der Waals surface area (Å²) in [6.07, 6.45) is 11.5. The molecule has 2 heteroatoms. The fourth-order valence-electron chi connectivity index (χ4n) is 7.17. The molecule has 4 fully saturated rings. The average molecular weight is 335 g/mol. The third kappa shape index (κ3) is 2.26. The lowest BCUT2D eigenvalue weighted by atomic mass is 9.54. The molecule has 4 bridgehead atoms. The normalized spacial score (nSPS) is 39.1. The first-order chi connectivity index (χ1) is 12.2. The van der Waals surface area contributed by atoms with Gasteiger partial charge in [0.25, 0.3) is 0 Å². The van der Waals surface area contributed by atoms with Crippen molar-refractivity contribution in [1.29, 1.82) is 0 Å². The van der Waals surface area contributed by atoms with E-state index >= 15 is 0 Å². The van der Waals surface area contributed by atoms with Crippen molar-refractivity contribution in [3.63, 3.8) is 0 Å². The van der Waals surface area contributed by atoms with Gasteiger partial charge in [-0.3, -0.25) is 0 Å². The SMILES string of the molecule is Cc1ccc2[nH]c3c(c2c1)CCCC3NC1C2CC3CC(C2)CC1C3. The van der Waals surface area contributed by atoms with Crippen molar-refractivity contribution < 1.29 is 0 Å². The Morgan fingerprint density at radius 2 is 1.76 bits per heavy atom. The lowest BCUT2D eigenvalue weighted by Gasteiger charge is -2.55. The third-order valence-corrected chi connectivity index (χ3v) is 7.98. The fourth-order valence-corrected chi connectivity index (χ4v) is 7.17. The molecule has 5 aliphatic rings. The maximum Gasteiger partial charge on any atom is 0.0478 e. The number of hydrogen-bond acceptors (Lipinski definition) is 1. The van der Waals surface area contributed by atoms with E-state index in [1.54, 1.807) is 12.0 Å². The molecule has 4 saturated carbocycles. The van der Waals surface area contributed by atoms with Crippen molar-refractivity contribution in [3.05, 3.63) is 35.0 Å². The minimum absolute atomic E-state index is 0.555. The van der Waals surface area contributed by atoms with Crippen molar-refractivity contribution in [3.8, 4) is 0 Å². The van der Waals surface area contributed by atoms with Gasteiger partial charge in [-0.1, -0.05) is 11.6 Å². The summed E-state index contributed by atoms with van der Waals surface area (Å²) in [5, 5.41) is 5.68. The molecule has 0 spiro atoms. The topological polar surface area (TPSA) is 27.8 Å². The van der Waals surface area contributed by atoms with Crippen LogP contribution in [-0.2, 0) is 6.42 Å². The molecule has 0 aliphatic heterocycles. The van der Waals surface area contributed by atoms with E-state index < -0.39 is 0 Å². The molecule has 2 aromatic rings. The van der Waals surface area contributed by atoms with E-state index in [2.05, 4.69) is 35.4 Å². The van der Waals surface area contributed by atoms with E-state index in [-0.39, 0.29) is 0 Å². The average Bonchev–Trinajstić information content (AvgIpc) is 2.96. The molecule has 0 radical (unpaired) electrons. The number of fused-ring (bicyclic) bond motifs is 3. The van der Waals surface area contributed by atoms with E-state index in [1.807, 2.05) is 0 Å². The third-order valence-electron chi connectivity index (χ3n) is 7.98. The molecule has 0 saturated heterocycles. The molecular weight excluding hydrogens is 304 g/mol. The largest absolute Gasteiger partial charge is 0.357 e. The zero-order valence-corrected chi connectivity index (χ0v) is 15.4. The Kier molecular flexibility index (Phi) is 3.18. The minimum Gasteiger partial charge on any atom is -0.357 e. The molecule has 2 N–H and O–H groups in total. The van der Waals surface area contributed by atoms with Gasteiger partial charge in [0.2, 0.25) is 0 Å². The van der Waals surface area contributed by atoms with E-state index in [9.17, 15) is 0 Å². The maximum absolute atomic E-state index is 4.20. The number of rotatable bonds is 2. The van der Waals surface area contributed by atoms with Gasteiger partial charge in [-0.05, 0) is 99.7 Å². The van der Waals surface area contributed by atoms with Crippen LogP contribution in [0.5, 0.6) is 0 Å². The van der Waals surface area contributed by atoms with E-state index in [4.69, 9.17) is 0 Å². The van der Waals surface area contributed by atoms with Crippen molar-refractivity contribution in [2.24, 2.45) is 23.7 Å². The van der Waals surface area contributed by atoms with Crippen LogP contribution in [0, 0.1) is 30.6 Å². The smallest absolute Gasteiger partial charge is 0.0478 e. The van der Waals surface area contributed by atoms with Gasteiger partial charge in [-0.2, -0.15) is 0 Å². The number of benzene rings is 1. The van der Waals surface area contributed by atoms with Gasteiger partial charge in [0.15, 0.2) is 0 Å². The molecule has 7 rings (SSSR count). The van der Waals surface area contributed by atoms with Crippen molar-refractivity contribution in [1.82, 2.24) is 10.3 Å². The summed E-state index contributed by atoms with van der Waals surface area (Å²) in [6, 6.07) is 8.25. The highest BCUT2D eigenvalue weighted by atomic mass is 15.0. The van der Waals surface area contributed by atoms with Gasteiger partial charge >= 0.3 is 0 Å². The van der Waals surface area contributed by atoms with E-state index in [0.717, 1.165) is 29.7 Å². The standard InChI is InChI=1S/C23H30N2/c1-13-5-6-20-19(7-13)18-3-2-4-21(23(18)24-20)25-22-16-9-14-8-15(11-16)12-17(22)10-14/h5-7,14-17,21-22,24-25H,2-4,8-12H2,1H3. The maximum atomic E-state index is 4.20. The van der Waals surface area contributed by atoms with Gasteiger partial charge in [0.05, 0.1) is 0 Å². The van der Waals surface area contributed by atoms with E-state index in [0.29, 0.717) is 6.04 Å². The molecule has 0 amide bonds. The lowest BCUT2D eigenvalue weighted by molar-refractivity contribution is -0.0186. The van der Waals surface area contributed by atoms with Crippen LogP contribution >= 0.6 is 0 Å². The molecule has 132 valence electrons. The highest BCUT2D eigenvalue weighted by molar-refractivity contribution is 5.85. The number of aromatic amines is 1. The van der Waals surface area contributed by atoms with Crippen LogP contribution in [0.15, 0.2) is 18.2 Å². The van der Waals surface area contributed by atoms with Crippen LogP contribution in [-0.4, -0.2) is 11.0 Å². The summed E-state index contributed by atoms with van der Waals surface area (Å²) in [5.41, 5.74) is 5.84. The Labute approximate surface area is 150 Å². The number of H-pyrrole nitrogens is 1. The summed E-state index contributed by atoms with van der Waals surface area (Å²) in [4.78, 5) is 3.80. The highest BCUT2D eigenvalue weighted by Crippen LogP contribution is 2.54. The quantitative estimate of drug-likeness (QED) is 0.769. The second kappa shape index (κ2) is 5.36. The molecule has 1 atom stereocenters. The van der Waals surface area contributed by atoms with Gasteiger partial charge < -0.3 is 10.3 Å². The van der Waals surface area contributed by atoms with Crippen LogP contribution in [0.4, 0.5) is 0 Å². The van der Waals surface area contributed by atoms with Crippen LogP contribution in [0.1, 0.15) is 67.8 Å². The Hall–Kier alpha value is -1.28. The monoisotopic (exact) mass is 334 g/mol. The Bertz CT molecular complexity index is 789. The zero-order valence-electron chi connectivity index (χ0n) is 15.4. The molecule has 5 aliphatic carbocycles. The first kappa shape index (κ1) is 14.8. The van der Waals surface area contributed by atoms with Crippen LogP contribution in [0.3, 0.4) is 0 Å². The number of aromatic nitrogens is 1. The van der Waals surface area contributed by atoms with Crippen LogP contribution < -0.4 is 5.32 Å². The van der Waals surface area contributed by atoms with Gasteiger partial charge in [-0.25, -0.2) is 0 Å². The van der Waals surface area contributed by atoms with Gasteiger partial charge in [0.1, 0.15) is 0 Å². The second-order valence-corrected chi connectivity index (χ2v) is 9.63. The first-order valence-electron chi connectivity index (χ1n) is 10.6. The molecule has 1 heterocycles. The number of aryl methyl sites for hydroxylation is 2. The Morgan fingerprint density at radius 1 is 1.00 bits per heavy atom. The second-order valence-electron chi connectivity index (χ2n) is 9.63. The fraction of sp³-hybridized carbons (Fsp3) is 0.652. The molecule has 25 heavy (non-hydrogen) atoms. The predicted molar refractivity (Wildman–Crippen MR) is 103 cm³/mol. The molecular formula is C23H30N2. The predicted octanol–water partition coefficient (Wildman–Crippen LogP) is 5.27.